The minimum atomic E-state index is 0.579. The van der Waals surface area contributed by atoms with Crippen molar-refractivity contribution in [3.05, 3.63) is 158 Å². The second kappa shape index (κ2) is 10.2. The van der Waals surface area contributed by atoms with Gasteiger partial charge in [-0.3, -0.25) is 4.57 Å². The van der Waals surface area contributed by atoms with E-state index in [1.54, 1.807) is 0 Å². The van der Waals surface area contributed by atoms with Crippen molar-refractivity contribution in [2.75, 3.05) is 0 Å². The third-order valence-corrected chi connectivity index (χ3v) is 10.6. The zero-order valence-corrected chi connectivity index (χ0v) is 27.6. The molecule has 6 heteroatoms. The first-order valence-electron chi connectivity index (χ1n) is 17.4. The first kappa shape index (κ1) is 27.6. The zero-order valence-electron chi connectivity index (χ0n) is 27.6. The maximum absolute atomic E-state index is 6.65. The average Bonchev–Trinajstić information content (AvgIpc) is 3.95. The molecule has 0 saturated carbocycles. The molecular weight excluding hydrogens is 641 g/mol. The minimum absolute atomic E-state index is 0.579. The Morgan fingerprint density at radius 3 is 1.46 bits per heavy atom. The van der Waals surface area contributed by atoms with Gasteiger partial charge in [0.2, 0.25) is 0 Å². The van der Waals surface area contributed by atoms with Gasteiger partial charge < -0.3 is 13.4 Å². The highest BCUT2D eigenvalue weighted by atomic mass is 16.3. The van der Waals surface area contributed by atoms with Crippen molar-refractivity contribution in [3.8, 4) is 22.9 Å². The second-order valence-corrected chi connectivity index (χ2v) is 13.3. The van der Waals surface area contributed by atoms with Crippen LogP contribution in [-0.4, -0.2) is 19.1 Å². The fourth-order valence-corrected chi connectivity index (χ4v) is 8.31. The predicted octanol–water partition coefficient (Wildman–Crippen LogP) is 12.1. The van der Waals surface area contributed by atoms with Gasteiger partial charge in [0.1, 0.15) is 22.3 Å². The van der Waals surface area contributed by atoms with E-state index >= 15 is 0 Å². The Hall–Kier alpha value is -7.18. The Labute approximate surface area is 295 Å². The molecule has 242 valence electrons. The molecule has 0 spiro atoms. The molecule has 12 rings (SSSR count). The van der Waals surface area contributed by atoms with Crippen LogP contribution in [0.5, 0.6) is 0 Å². The lowest BCUT2D eigenvalue weighted by Crippen LogP contribution is -2.04. The summed E-state index contributed by atoms with van der Waals surface area (Å²) < 4.78 is 17.8. The molecule has 12 aromatic rings. The first-order chi connectivity index (χ1) is 25.8. The van der Waals surface area contributed by atoms with Gasteiger partial charge in [0.25, 0.3) is 0 Å². The predicted molar refractivity (Wildman–Crippen MR) is 211 cm³/mol. The molecule has 0 aliphatic rings. The lowest BCUT2D eigenvalue weighted by Gasteiger charge is -2.15. The summed E-state index contributed by atoms with van der Waals surface area (Å²) in [5.74, 6) is 1.27. The number of furan rings is 2. The lowest BCUT2D eigenvalue weighted by atomic mass is 10.1. The molecule has 52 heavy (non-hydrogen) atoms. The number of fused-ring (bicyclic) bond motifs is 12. The molecule has 0 unspecified atom stereocenters. The summed E-state index contributed by atoms with van der Waals surface area (Å²) in [4.78, 5) is 10.9. The summed E-state index contributed by atoms with van der Waals surface area (Å²) in [6.07, 6.45) is 0. The summed E-state index contributed by atoms with van der Waals surface area (Å²) in [6, 6.07) is 54.8. The van der Waals surface area contributed by atoms with Crippen molar-refractivity contribution in [1.29, 1.82) is 0 Å². The van der Waals surface area contributed by atoms with E-state index in [2.05, 4.69) is 137 Å². The first-order valence-corrected chi connectivity index (χ1v) is 17.4. The van der Waals surface area contributed by atoms with Gasteiger partial charge in [-0.2, -0.15) is 0 Å². The van der Waals surface area contributed by atoms with Gasteiger partial charge in [0, 0.05) is 43.3 Å². The van der Waals surface area contributed by atoms with E-state index in [-0.39, 0.29) is 0 Å². The molecule has 5 heterocycles. The normalized spacial score (nSPS) is 12.2. The van der Waals surface area contributed by atoms with Crippen molar-refractivity contribution in [2.24, 2.45) is 0 Å². The maximum atomic E-state index is 6.65. The van der Waals surface area contributed by atoms with E-state index < -0.39 is 0 Å². The zero-order chi connectivity index (χ0) is 33.9. The van der Waals surface area contributed by atoms with Gasteiger partial charge in [-0.25, -0.2) is 9.97 Å². The van der Waals surface area contributed by atoms with Crippen molar-refractivity contribution < 1.29 is 8.83 Å². The van der Waals surface area contributed by atoms with Gasteiger partial charge in [-0.05, 0) is 54.6 Å². The van der Waals surface area contributed by atoms with Crippen LogP contribution in [0.4, 0.5) is 0 Å². The maximum Gasteiger partial charge on any atom is 0.197 e. The van der Waals surface area contributed by atoms with Crippen LogP contribution in [0.1, 0.15) is 0 Å². The van der Waals surface area contributed by atoms with Crippen molar-refractivity contribution in [1.82, 2.24) is 19.1 Å². The van der Waals surface area contributed by atoms with Crippen LogP contribution in [0, 0.1) is 0 Å². The van der Waals surface area contributed by atoms with Gasteiger partial charge in [0.15, 0.2) is 17.2 Å². The quantitative estimate of drug-likeness (QED) is 0.188. The Morgan fingerprint density at radius 2 is 0.865 bits per heavy atom. The number of rotatable bonds is 3. The number of para-hydroxylation sites is 6. The Morgan fingerprint density at radius 1 is 0.385 bits per heavy atom. The van der Waals surface area contributed by atoms with E-state index in [0.717, 1.165) is 82.5 Å². The van der Waals surface area contributed by atoms with E-state index in [0.29, 0.717) is 17.2 Å². The minimum Gasteiger partial charge on any atom is -0.456 e. The van der Waals surface area contributed by atoms with E-state index in [1.807, 2.05) is 30.3 Å². The van der Waals surface area contributed by atoms with Crippen LogP contribution >= 0.6 is 0 Å². The number of hydrogen-bond donors (Lipinski definition) is 0. The Kier molecular flexibility index (Phi) is 5.41. The van der Waals surface area contributed by atoms with Crippen LogP contribution in [-0.2, 0) is 0 Å². The van der Waals surface area contributed by atoms with Crippen LogP contribution in [0.2, 0.25) is 0 Å². The highest BCUT2D eigenvalue weighted by Crippen LogP contribution is 2.42. The third-order valence-electron chi connectivity index (χ3n) is 10.6. The smallest absolute Gasteiger partial charge is 0.197 e. The van der Waals surface area contributed by atoms with E-state index in [1.165, 1.54) is 10.8 Å². The number of hydrogen-bond acceptors (Lipinski definition) is 4. The van der Waals surface area contributed by atoms with Crippen LogP contribution in [0.25, 0.3) is 111 Å². The number of nitrogens with zero attached hydrogens (tertiary/aromatic N) is 4. The fourth-order valence-electron chi connectivity index (χ4n) is 8.31. The average molecular weight is 667 g/mol. The van der Waals surface area contributed by atoms with Gasteiger partial charge in [0.05, 0.1) is 27.8 Å². The molecule has 0 fully saturated rings. The summed E-state index contributed by atoms with van der Waals surface area (Å²) in [5.41, 5.74) is 9.91. The molecule has 0 bridgehead atoms. The second-order valence-electron chi connectivity index (χ2n) is 13.3. The fraction of sp³-hybridized carbons (Fsp3) is 0. The van der Waals surface area contributed by atoms with E-state index in [9.17, 15) is 0 Å². The summed E-state index contributed by atoms with van der Waals surface area (Å²) in [7, 11) is 0. The van der Waals surface area contributed by atoms with E-state index in [4.69, 9.17) is 18.8 Å². The summed E-state index contributed by atoms with van der Waals surface area (Å²) >= 11 is 0. The number of benzene rings is 7. The third kappa shape index (κ3) is 3.67. The van der Waals surface area contributed by atoms with Gasteiger partial charge in [-0.15, -0.1) is 0 Å². The van der Waals surface area contributed by atoms with Crippen molar-refractivity contribution in [2.45, 2.75) is 0 Å². The standard InChI is InChI=1S/C46H26N4O2/c1-7-19-35-27(13-1)28-14-2-8-20-36(28)49(35)39-25-33-31-17-5-11-23-40(31)51-42(33)26-34(39)45-47-43-32-18-6-12-24-41(32)52-44(43)46(48-45)50-37-21-9-3-15-29(37)30-16-4-10-22-38(30)50/h1-26H. The molecule has 0 atom stereocenters. The van der Waals surface area contributed by atoms with Crippen molar-refractivity contribution >= 4 is 87.6 Å². The topological polar surface area (TPSA) is 61.9 Å². The molecule has 0 N–H and O–H groups in total. The molecule has 0 saturated heterocycles. The highest BCUT2D eigenvalue weighted by Gasteiger charge is 2.25. The van der Waals surface area contributed by atoms with Gasteiger partial charge >= 0.3 is 0 Å². The largest absolute Gasteiger partial charge is 0.456 e. The molecule has 0 aliphatic heterocycles. The summed E-state index contributed by atoms with van der Waals surface area (Å²) in [6.45, 7) is 0. The summed E-state index contributed by atoms with van der Waals surface area (Å²) in [5, 5.41) is 7.71. The van der Waals surface area contributed by atoms with Crippen LogP contribution in [0.3, 0.4) is 0 Å². The Balaban J connectivity index is 1.27. The lowest BCUT2D eigenvalue weighted by molar-refractivity contribution is 0.662. The molecule has 0 radical (unpaired) electrons. The SMILES string of the molecule is c1ccc2c(c1)oc1cc(-c3nc(-n4c5ccccc5c5ccccc54)c4oc5ccccc5c4n3)c(-n3c4ccccc4c4ccccc43)cc12. The van der Waals surface area contributed by atoms with Crippen molar-refractivity contribution in [3.63, 3.8) is 0 Å². The number of aromatic nitrogens is 4. The Bertz CT molecular complexity index is 3330. The molecular formula is C46H26N4O2. The monoisotopic (exact) mass is 666 g/mol. The van der Waals surface area contributed by atoms with Crippen LogP contribution in [0.15, 0.2) is 167 Å². The van der Waals surface area contributed by atoms with Gasteiger partial charge in [-0.1, -0.05) is 103 Å². The van der Waals surface area contributed by atoms with Crippen LogP contribution < -0.4 is 0 Å². The molecule has 0 amide bonds. The highest BCUT2D eigenvalue weighted by molar-refractivity contribution is 6.14. The molecule has 5 aromatic heterocycles. The molecule has 6 nitrogen and oxygen atoms in total. The molecule has 7 aromatic carbocycles. The molecule has 0 aliphatic carbocycles.